The van der Waals surface area contributed by atoms with Crippen molar-refractivity contribution in [2.45, 2.75) is 38.5 Å². The highest BCUT2D eigenvalue weighted by molar-refractivity contribution is 5.85. The topological polar surface area (TPSA) is 75.6 Å². The lowest BCUT2D eigenvalue weighted by molar-refractivity contribution is -0.146. The molecule has 0 aromatic carbocycles. The first-order valence-electron chi connectivity index (χ1n) is 7.26. The van der Waals surface area contributed by atoms with E-state index in [2.05, 4.69) is 5.32 Å². The molecule has 5 heteroatoms. The van der Waals surface area contributed by atoms with Crippen molar-refractivity contribution in [1.29, 1.82) is 0 Å². The summed E-state index contributed by atoms with van der Waals surface area (Å²) < 4.78 is 5.48. The first kappa shape index (κ1) is 14.3. The maximum absolute atomic E-state index is 11.9. The van der Waals surface area contributed by atoms with Crippen LogP contribution in [-0.4, -0.2) is 36.7 Å². The molecule has 0 spiro atoms. The predicted molar refractivity (Wildman–Crippen MR) is 69.6 cm³/mol. The fourth-order valence-corrected chi connectivity index (χ4v) is 2.62. The summed E-state index contributed by atoms with van der Waals surface area (Å²) in [4.78, 5) is 22.9. The molecule has 108 valence electrons. The van der Waals surface area contributed by atoms with Gasteiger partial charge in [0.25, 0.3) is 0 Å². The van der Waals surface area contributed by atoms with Crippen molar-refractivity contribution in [3.8, 4) is 0 Å². The Morgan fingerprint density at radius 3 is 2.58 bits per heavy atom. The molecule has 2 unspecified atom stereocenters. The molecular formula is C14H23NO4. The average molecular weight is 269 g/mol. The molecule has 0 heterocycles. The Kier molecular flexibility index (Phi) is 5.19. The van der Waals surface area contributed by atoms with Gasteiger partial charge in [0, 0.05) is 19.8 Å². The molecule has 2 aliphatic rings. The summed E-state index contributed by atoms with van der Waals surface area (Å²) in [6, 6.07) is 0. The van der Waals surface area contributed by atoms with E-state index in [1.54, 1.807) is 0 Å². The van der Waals surface area contributed by atoms with E-state index in [-0.39, 0.29) is 11.8 Å². The molecule has 2 atom stereocenters. The van der Waals surface area contributed by atoms with Crippen LogP contribution < -0.4 is 5.32 Å². The van der Waals surface area contributed by atoms with E-state index < -0.39 is 11.9 Å². The van der Waals surface area contributed by atoms with Gasteiger partial charge in [-0.2, -0.15) is 0 Å². The zero-order valence-corrected chi connectivity index (χ0v) is 11.3. The van der Waals surface area contributed by atoms with Gasteiger partial charge in [0.1, 0.15) is 0 Å². The Balaban J connectivity index is 1.56. The number of ether oxygens (including phenoxy) is 1. The minimum absolute atomic E-state index is 0.105. The van der Waals surface area contributed by atoms with Crippen LogP contribution >= 0.6 is 0 Å². The second kappa shape index (κ2) is 6.89. The molecule has 0 aromatic heterocycles. The summed E-state index contributed by atoms with van der Waals surface area (Å²) in [6.45, 7) is 2.09. The first-order valence-corrected chi connectivity index (χ1v) is 7.26. The molecule has 2 saturated carbocycles. The molecule has 2 N–H and O–H groups in total. The fraction of sp³-hybridized carbons (Fsp3) is 0.857. The second-order valence-corrected chi connectivity index (χ2v) is 5.64. The molecule has 5 nitrogen and oxygen atoms in total. The molecule has 1 amide bonds. The molecule has 2 aliphatic carbocycles. The monoisotopic (exact) mass is 269 g/mol. The van der Waals surface area contributed by atoms with Gasteiger partial charge in [-0.1, -0.05) is 6.42 Å². The van der Waals surface area contributed by atoms with Crippen LogP contribution in [0.15, 0.2) is 0 Å². The van der Waals surface area contributed by atoms with Gasteiger partial charge in [-0.05, 0) is 38.0 Å². The van der Waals surface area contributed by atoms with Crippen LogP contribution in [0.5, 0.6) is 0 Å². The number of hydrogen-bond acceptors (Lipinski definition) is 3. The van der Waals surface area contributed by atoms with Gasteiger partial charge in [0.15, 0.2) is 0 Å². The van der Waals surface area contributed by atoms with Gasteiger partial charge in [0.2, 0.25) is 5.91 Å². The Hall–Kier alpha value is -1.10. The van der Waals surface area contributed by atoms with Gasteiger partial charge in [-0.15, -0.1) is 0 Å². The lowest BCUT2D eigenvalue weighted by Crippen LogP contribution is -2.36. The van der Waals surface area contributed by atoms with Crippen molar-refractivity contribution in [3.63, 3.8) is 0 Å². The minimum Gasteiger partial charge on any atom is -0.481 e. The summed E-state index contributed by atoms with van der Waals surface area (Å²) in [6.07, 6.45) is 5.52. The van der Waals surface area contributed by atoms with Crippen molar-refractivity contribution in [3.05, 3.63) is 0 Å². The number of carboxylic acid groups (broad SMARTS) is 1. The summed E-state index contributed by atoms with van der Waals surface area (Å²) in [7, 11) is 0. The van der Waals surface area contributed by atoms with Crippen LogP contribution in [0.2, 0.25) is 0 Å². The van der Waals surface area contributed by atoms with Gasteiger partial charge < -0.3 is 15.2 Å². The van der Waals surface area contributed by atoms with Crippen molar-refractivity contribution in [2.24, 2.45) is 17.8 Å². The highest BCUT2D eigenvalue weighted by Crippen LogP contribution is 2.32. The van der Waals surface area contributed by atoms with Crippen LogP contribution in [0.1, 0.15) is 38.5 Å². The van der Waals surface area contributed by atoms with Crippen LogP contribution in [0.3, 0.4) is 0 Å². The third-order valence-corrected chi connectivity index (χ3v) is 3.99. The third kappa shape index (κ3) is 4.49. The Bertz CT molecular complexity index is 327. The van der Waals surface area contributed by atoms with Crippen LogP contribution in [0.4, 0.5) is 0 Å². The maximum Gasteiger partial charge on any atom is 0.307 e. The summed E-state index contributed by atoms with van der Waals surface area (Å²) in [5.41, 5.74) is 0. The predicted octanol–water partition coefficient (Wildman–Crippen LogP) is 1.42. The molecule has 2 rings (SSSR count). The number of amides is 1. The van der Waals surface area contributed by atoms with E-state index in [9.17, 15) is 9.59 Å². The van der Waals surface area contributed by atoms with E-state index >= 15 is 0 Å². The average Bonchev–Trinajstić information content (AvgIpc) is 3.06. The van der Waals surface area contributed by atoms with Gasteiger partial charge in [-0.25, -0.2) is 0 Å². The standard InChI is InChI=1S/C14H23NO4/c16-13(11-3-1-4-12(11)14(17)18)15-7-2-8-19-9-10-5-6-10/h10-12H,1-9H2,(H,15,16)(H,17,18). The van der Waals surface area contributed by atoms with Gasteiger partial charge >= 0.3 is 5.97 Å². The zero-order valence-electron chi connectivity index (χ0n) is 11.3. The van der Waals surface area contributed by atoms with Gasteiger partial charge in [-0.3, -0.25) is 9.59 Å². The number of carbonyl (C=O) groups is 2. The van der Waals surface area contributed by atoms with E-state index in [4.69, 9.17) is 9.84 Å². The molecule has 0 radical (unpaired) electrons. The largest absolute Gasteiger partial charge is 0.481 e. The van der Waals surface area contributed by atoms with Gasteiger partial charge in [0.05, 0.1) is 11.8 Å². The normalized spacial score (nSPS) is 26.3. The lowest BCUT2D eigenvalue weighted by atomic mass is 9.95. The highest BCUT2D eigenvalue weighted by atomic mass is 16.5. The SMILES string of the molecule is O=C(O)C1CCCC1C(=O)NCCCOCC1CC1. The van der Waals surface area contributed by atoms with Crippen LogP contribution in [0.25, 0.3) is 0 Å². The highest BCUT2D eigenvalue weighted by Gasteiger charge is 2.37. The van der Waals surface area contributed by atoms with E-state index in [1.165, 1.54) is 12.8 Å². The third-order valence-electron chi connectivity index (χ3n) is 3.99. The summed E-state index contributed by atoms with van der Waals surface area (Å²) in [5.74, 6) is -1.02. The minimum atomic E-state index is -0.842. The molecule has 0 aliphatic heterocycles. The Labute approximate surface area is 113 Å². The van der Waals surface area contributed by atoms with Crippen molar-refractivity contribution in [1.82, 2.24) is 5.32 Å². The zero-order chi connectivity index (χ0) is 13.7. The summed E-state index contributed by atoms with van der Waals surface area (Å²) in [5, 5.41) is 11.9. The lowest BCUT2D eigenvalue weighted by Gasteiger charge is -2.15. The summed E-state index contributed by atoms with van der Waals surface area (Å²) >= 11 is 0. The van der Waals surface area contributed by atoms with Crippen LogP contribution in [-0.2, 0) is 14.3 Å². The number of aliphatic carboxylic acids is 1. The molecule has 0 aromatic rings. The molecule has 0 saturated heterocycles. The molecule has 19 heavy (non-hydrogen) atoms. The molecule has 2 fully saturated rings. The van der Waals surface area contributed by atoms with E-state index in [0.29, 0.717) is 26.0 Å². The van der Waals surface area contributed by atoms with Crippen molar-refractivity contribution >= 4 is 11.9 Å². The second-order valence-electron chi connectivity index (χ2n) is 5.64. The Morgan fingerprint density at radius 1 is 1.16 bits per heavy atom. The Morgan fingerprint density at radius 2 is 1.89 bits per heavy atom. The molecule has 0 bridgehead atoms. The van der Waals surface area contributed by atoms with E-state index in [1.807, 2.05) is 0 Å². The smallest absolute Gasteiger partial charge is 0.307 e. The van der Waals surface area contributed by atoms with Crippen molar-refractivity contribution < 1.29 is 19.4 Å². The van der Waals surface area contributed by atoms with Crippen molar-refractivity contribution in [2.75, 3.05) is 19.8 Å². The van der Waals surface area contributed by atoms with E-state index in [0.717, 1.165) is 25.4 Å². The van der Waals surface area contributed by atoms with Crippen LogP contribution in [0, 0.1) is 17.8 Å². The number of nitrogens with one attached hydrogen (secondary N) is 1. The number of carbonyl (C=O) groups excluding carboxylic acids is 1. The molecular weight excluding hydrogens is 246 g/mol. The maximum atomic E-state index is 11.9. The number of hydrogen-bond donors (Lipinski definition) is 2. The fourth-order valence-electron chi connectivity index (χ4n) is 2.62. The first-order chi connectivity index (χ1) is 9.18. The quantitative estimate of drug-likeness (QED) is 0.653. The number of carboxylic acids is 1. The number of rotatable bonds is 8.